The summed E-state index contributed by atoms with van der Waals surface area (Å²) in [6.07, 6.45) is 0. The van der Waals surface area contributed by atoms with Gasteiger partial charge < -0.3 is 5.11 Å². The predicted molar refractivity (Wildman–Crippen MR) is 87.7 cm³/mol. The molecule has 11 heteroatoms. The van der Waals surface area contributed by atoms with Crippen LogP contribution in [0.15, 0.2) is 30.3 Å². The first-order valence-corrected chi connectivity index (χ1v) is 10.2. The van der Waals surface area contributed by atoms with E-state index in [1.54, 1.807) is 14.0 Å². The van der Waals surface area contributed by atoms with Crippen LogP contribution in [0.5, 0.6) is 0 Å². The number of rotatable bonds is 4. The van der Waals surface area contributed by atoms with Crippen LogP contribution < -0.4 is 9.67 Å². The molecule has 1 unspecified atom stereocenters. The van der Waals surface area contributed by atoms with Gasteiger partial charge in [0.05, 0.1) is 5.69 Å². The Balaban J connectivity index is 0.000000271. The standard InChI is InChI=1S/C8H10AsNO5.C6H8N2O2/c1-6(11)10-8-4-2-7(3-5-8)9(12,13)15-14;1-4-3-5(6(9)10)8(2)7-4/h2-5,14H,1H3,(H,10,11)(H,12,13);3H,1-2H3,(H,9,10). The summed E-state index contributed by atoms with van der Waals surface area (Å²) >= 11 is -4.76. The molecule has 2 aromatic rings. The molecule has 4 N–H and O–H groups in total. The molecule has 0 aliphatic rings. The number of carbonyl (C=O) groups is 2. The number of hydrogen-bond acceptors (Lipinski definition) is 6. The van der Waals surface area contributed by atoms with Crippen molar-refractivity contribution in [3.05, 3.63) is 41.7 Å². The molecule has 0 aliphatic carbocycles. The van der Waals surface area contributed by atoms with Crippen molar-refractivity contribution in [1.29, 1.82) is 0 Å². The Morgan fingerprint density at radius 3 is 2.16 bits per heavy atom. The third kappa shape index (κ3) is 6.20. The van der Waals surface area contributed by atoms with Crippen molar-refractivity contribution in [2.45, 2.75) is 13.8 Å². The van der Waals surface area contributed by atoms with Crippen LogP contribution in [-0.2, 0) is 19.5 Å². The molecule has 0 fully saturated rings. The summed E-state index contributed by atoms with van der Waals surface area (Å²) in [6.45, 7) is 3.11. The number of carboxylic acids is 1. The molecule has 1 atom stereocenters. The van der Waals surface area contributed by atoms with Gasteiger partial charge in [-0.3, -0.25) is 4.68 Å². The van der Waals surface area contributed by atoms with Gasteiger partial charge in [-0.2, -0.15) is 5.10 Å². The predicted octanol–water partition coefficient (Wildman–Crippen LogP) is 0.130. The molecule has 0 radical (unpaired) electrons. The average Bonchev–Trinajstić information content (AvgIpc) is 2.87. The topological polar surface area (TPSA) is 151 Å². The van der Waals surface area contributed by atoms with Gasteiger partial charge in [-0.15, -0.1) is 0 Å². The SMILES string of the molecule is CC(=O)Nc1ccc([As](=O)(O)OO)cc1.Cc1cc(C(=O)O)n(C)n1. The molecule has 2 rings (SSSR count). The number of aromatic carboxylic acids is 1. The number of aryl methyl sites for hydroxylation is 2. The molecule has 136 valence electrons. The summed E-state index contributed by atoms with van der Waals surface area (Å²) in [5.41, 5.74) is 1.44. The van der Waals surface area contributed by atoms with E-state index in [2.05, 4.69) is 14.3 Å². The third-order valence-electron chi connectivity index (χ3n) is 2.85. The molecule has 1 heterocycles. The van der Waals surface area contributed by atoms with Crippen LogP contribution in [0.4, 0.5) is 5.69 Å². The van der Waals surface area contributed by atoms with Crippen LogP contribution in [0.25, 0.3) is 0 Å². The Kier molecular flexibility index (Phi) is 7.13. The Labute approximate surface area is 146 Å². The van der Waals surface area contributed by atoms with Crippen molar-refractivity contribution in [2.75, 3.05) is 5.32 Å². The molecule has 1 amide bonds. The quantitative estimate of drug-likeness (QED) is 0.313. The van der Waals surface area contributed by atoms with Crippen LogP contribution in [0.3, 0.4) is 0 Å². The van der Waals surface area contributed by atoms with Crippen molar-refractivity contribution >= 4 is 36.1 Å². The number of benzene rings is 1. The maximum Gasteiger partial charge on any atom is 0.354 e. The molecular formula is C14H18AsN3O7. The minimum atomic E-state index is -4.76. The second-order valence-corrected chi connectivity index (χ2v) is 8.54. The second-order valence-electron chi connectivity index (χ2n) is 4.93. The second kappa shape index (κ2) is 8.63. The van der Waals surface area contributed by atoms with Crippen LogP contribution in [0, 0.1) is 6.92 Å². The van der Waals surface area contributed by atoms with Gasteiger partial charge in [0.1, 0.15) is 5.69 Å². The Morgan fingerprint density at radius 1 is 1.28 bits per heavy atom. The van der Waals surface area contributed by atoms with Crippen LogP contribution in [-0.4, -0.2) is 50.3 Å². The minimum Gasteiger partial charge on any atom is -0.477 e. The van der Waals surface area contributed by atoms with Crippen molar-refractivity contribution < 1.29 is 31.7 Å². The number of hydrogen-bond donors (Lipinski definition) is 4. The summed E-state index contributed by atoms with van der Waals surface area (Å²) in [4.78, 5) is 21.0. The number of nitrogens with zero attached hydrogens (tertiary/aromatic N) is 2. The summed E-state index contributed by atoms with van der Waals surface area (Å²) in [7, 11) is 1.61. The number of anilines is 1. The van der Waals surface area contributed by atoms with E-state index in [-0.39, 0.29) is 16.0 Å². The summed E-state index contributed by atoms with van der Waals surface area (Å²) in [6, 6.07) is 7.03. The molecule has 1 aromatic heterocycles. The van der Waals surface area contributed by atoms with Gasteiger partial charge in [0, 0.05) is 7.05 Å². The Morgan fingerprint density at radius 2 is 1.84 bits per heavy atom. The molecule has 0 aliphatic heterocycles. The van der Waals surface area contributed by atoms with Crippen molar-refractivity contribution in [2.24, 2.45) is 7.05 Å². The summed E-state index contributed by atoms with van der Waals surface area (Å²) in [5, 5.41) is 23.1. The fourth-order valence-electron chi connectivity index (χ4n) is 1.79. The van der Waals surface area contributed by atoms with Crippen LogP contribution in [0.2, 0.25) is 0 Å². The average molecular weight is 415 g/mol. The van der Waals surface area contributed by atoms with E-state index in [1.807, 2.05) is 0 Å². The summed E-state index contributed by atoms with van der Waals surface area (Å²) < 4.78 is 25.2. The van der Waals surface area contributed by atoms with Crippen molar-refractivity contribution in [1.82, 2.24) is 9.78 Å². The van der Waals surface area contributed by atoms with Crippen molar-refractivity contribution in [3.63, 3.8) is 0 Å². The van der Waals surface area contributed by atoms with Gasteiger partial charge in [-0.25, -0.2) is 4.79 Å². The largest absolute Gasteiger partial charge is 0.477 e. The molecule has 0 spiro atoms. The van der Waals surface area contributed by atoms with Gasteiger partial charge in [-0.1, -0.05) is 0 Å². The fraction of sp³-hybridized carbons (Fsp3) is 0.214. The molecule has 10 nitrogen and oxygen atoms in total. The van der Waals surface area contributed by atoms with Gasteiger partial charge in [0.15, 0.2) is 0 Å². The minimum absolute atomic E-state index is 0.00438. The van der Waals surface area contributed by atoms with Gasteiger partial charge in [0.25, 0.3) is 0 Å². The van der Waals surface area contributed by atoms with E-state index in [0.29, 0.717) is 5.69 Å². The maximum absolute atomic E-state index is 11.2. The zero-order chi connectivity index (χ0) is 19.2. The van der Waals surface area contributed by atoms with Crippen molar-refractivity contribution in [3.8, 4) is 0 Å². The number of carbonyl (C=O) groups excluding carboxylic acids is 1. The molecule has 25 heavy (non-hydrogen) atoms. The number of carboxylic acid groups (broad SMARTS) is 1. The zero-order valence-corrected chi connectivity index (χ0v) is 15.6. The van der Waals surface area contributed by atoms with E-state index in [0.717, 1.165) is 5.69 Å². The van der Waals surface area contributed by atoms with E-state index in [1.165, 1.54) is 41.9 Å². The Bertz CT molecular complexity index is 801. The van der Waals surface area contributed by atoms with Gasteiger partial charge >= 0.3 is 94.4 Å². The van der Waals surface area contributed by atoms with E-state index < -0.39 is 20.1 Å². The number of amides is 1. The zero-order valence-electron chi connectivity index (χ0n) is 13.7. The first kappa shape index (κ1) is 20.7. The van der Waals surface area contributed by atoms with E-state index in [4.69, 9.17) is 14.5 Å². The molecule has 0 saturated carbocycles. The molecule has 0 saturated heterocycles. The normalized spacial score (nSPS) is 12.5. The monoisotopic (exact) mass is 415 g/mol. The molecular weight excluding hydrogens is 397 g/mol. The number of nitrogens with one attached hydrogen (secondary N) is 1. The van der Waals surface area contributed by atoms with Crippen LogP contribution in [0.1, 0.15) is 23.1 Å². The third-order valence-corrected chi connectivity index (χ3v) is 5.30. The fourth-order valence-corrected chi connectivity index (χ4v) is 3.10. The first-order chi connectivity index (χ1) is 11.6. The molecule has 1 aromatic carbocycles. The van der Waals surface area contributed by atoms with E-state index in [9.17, 15) is 13.3 Å². The Hall–Kier alpha value is -2.39. The maximum atomic E-state index is 11.2. The van der Waals surface area contributed by atoms with Gasteiger partial charge in [-0.05, 0) is 13.0 Å². The molecule has 0 bridgehead atoms. The van der Waals surface area contributed by atoms with E-state index >= 15 is 0 Å². The first-order valence-electron chi connectivity index (χ1n) is 6.85. The van der Waals surface area contributed by atoms with Gasteiger partial charge in [0.2, 0.25) is 0 Å². The number of aromatic nitrogens is 2. The van der Waals surface area contributed by atoms with Crippen LogP contribution >= 0.6 is 0 Å². The summed E-state index contributed by atoms with van der Waals surface area (Å²) in [5.74, 6) is -1.18. The smallest absolute Gasteiger partial charge is 0.354 e.